The topological polar surface area (TPSA) is 111 Å². The molecule has 0 aliphatic carbocycles. The van der Waals surface area contributed by atoms with Gasteiger partial charge in [-0.25, -0.2) is 4.99 Å². The Bertz CT molecular complexity index is 977. The van der Waals surface area contributed by atoms with Crippen molar-refractivity contribution >= 4 is 11.6 Å². The lowest BCUT2D eigenvalue weighted by molar-refractivity contribution is -0.384. The molecule has 0 saturated carbocycles. The van der Waals surface area contributed by atoms with Gasteiger partial charge in [0.2, 0.25) is 0 Å². The molecule has 2 N–H and O–H groups in total. The largest absolute Gasteiger partial charge is 0.467 e. The number of rotatable bonds is 9. The highest BCUT2D eigenvalue weighted by Crippen LogP contribution is 2.12. The van der Waals surface area contributed by atoms with Crippen LogP contribution >= 0.6 is 0 Å². The number of benzene rings is 1. The van der Waals surface area contributed by atoms with Crippen LogP contribution in [0.1, 0.15) is 29.1 Å². The maximum Gasteiger partial charge on any atom is 0.269 e. The molecule has 0 unspecified atom stereocenters. The molecule has 9 nitrogen and oxygen atoms in total. The molecule has 0 fully saturated rings. The van der Waals surface area contributed by atoms with E-state index < -0.39 is 4.92 Å². The van der Waals surface area contributed by atoms with Crippen molar-refractivity contribution in [2.75, 3.05) is 6.54 Å². The van der Waals surface area contributed by atoms with E-state index in [1.807, 2.05) is 23.7 Å². The normalized spacial score (nSPS) is 11.5. The monoisotopic (exact) mass is 410 g/mol. The molecule has 1 aromatic carbocycles. The molecule has 2 aromatic heterocycles. The molecule has 30 heavy (non-hydrogen) atoms. The Hall–Kier alpha value is -3.62. The van der Waals surface area contributed by atoms with Gasteiger partial charge in [0.25, 0.3) is 5.69 Å². The Kier molecular flexibility index (Phi) is 7.20. The molecule has 0 spiro atoms. The predicted octanol–water partition coefficient (Wildman–Crippen LogP) is 3.33. The Balaban J connectivity index is 1.56. The highest BCUT2D eigenvalue weighted by Gasteiger charge is 2.05. The quantitative estimate of drug-likeness (QED) is 0.184. The molecular formula is C21H26N6O3. The first-order chi connectivity index (χ1) is 14.5. The van der Waals surface area contributed by atoms with Crippen molar-refractivity contribution in [2.24, 2.45) is 4.99 Å². The van der Waals surface area contributed by atoms with Crippen molar-refractivity contribution < 1.29 is 9.34 Å². The van der Waals surface area contributed by atoms with Gasteiger partial charge >= 0.3 is 0 Å². The molecule has 0 saturated heterocycles. The van der Waals surface area contributed by atoms with Gasteiger partial charge in [0.05, 0.1) is 30.0 Å². The number of guanidine groups is 1. The Morgan fingerprint density at radius 2 is 2.03 bits per heavy atom. The summed E-state index contributed by atoms with van der Waals surface area (Å²) in [6, 6.07) is 12.2. The third kappa shape index (κ3) is 6.20. The molecule has 0 aliphatic rings. The van der Waals surface area contributed by atoms with Crippen LogP contribution in [0.3, 0.4) is 0 Å². The lowest BCUT2D eigenvalue weighted by atomic mass is 10.2. The summed E-state index contributed by atoms with van der Waals surface area (Å²) in [5.41, 5.74) is 3.13. The summed E-state index contributed by atoms with van der Waals surface area (Å²) in [5, 5.41) is 21.8. The number of furan rings is 1. The third-order valence-corrected chi connectivity index (χ3v) is 4.52. The van der Waals surface area contributed by atoms with Crippen LogP contribution in [0.5, 0.6) is 0 Å². The fraction of sp³-hybridized carbons (Fsp3) is 0.333. The molecule has 0 amide bonds. The van der Waals surface area contributed by atoms with Crippen molar-refractivity contribution in [1.82, 2.24) is 20.4 Å². The van der Waals surface area contributed by atoms with Crippen LogP contribution in [-0.2, 0) is 19.6 Å². The van der Waals surface area contributed by atoms with Crippen molar-refractivity contribution in [3.05, 3.63) is 81.6 Å². The van der Waals surface area contributed by atoms with Crippen LogP contribution in [0.4, 0.5) is 5.69 Å². The number of hydrogen-bond donors (Lipinski definition) is 2. The Morgan fingerprint density at radius 1 is 1.23 bits per heavy atom. The van der Waals surface area contributed by atoms with Gasteiger partial charge in [-0.05, 0) is 44.0 Å². The number of nitro benzene ring substituents is 1. The molecule has 0 aliphatic heterocycles. The highest BCUT2D eigenvalue weighted by molar-refractivity contribution is 5.79. The van der Waals surface area contributed by atoms with Crippen LogP contribution in [0.15, 0.2) is 58.1 Å². The molecule has 0 bridgehead atoms. The van der Waals surface area contributed by atoms with E-state index in [-0.39, 0.29) is 5.69 Å². The van der Waals surface area contributed by atoms with Crippen LogP contribution in [0.2, 0.25) is 0 Å². The zero-order valence-electron chi connectivity index (χ0n) is 17.2. The summed E-state index contributed by atoms with van der Waals surface area (Å²) in [7, 11) is 0. The number of hydrogen-bond acceptors (Lipinski definition) is 5. The number of aromatic nitrogens is 2. The Morgan fingerprint density at radius 3 is 2.67 bits per heavy atom. The summed E-state index contributed by atoms with van der Waals surface area (Å²) >= 11 is 0. The second-order valence-corrected chi connectivity index (χ2v) is 6.95. The van der Waals surface area contributed by atoms with E-state index in [4.69, 9.17) is 4.42 Å². The molecule has 0 atom stereocenters. The van der Waals surface area contributed by atoms with E-state index in [0.717, 1.165) is 42.2 Å². The fourth-order valence-corrected chi connectivity index (χ4v) is 2.99. The number of nitrogens with one attached hydrogen (secondary N) is 2. The van der Waals surface area contributed by atoms with Gasteiger partial charge in [0, 0.05) is 30.9 Å². The average molecular weight is 410 g/mol. The summed E-state index contributed by atoms with van der Waals surface area (Å²) < 4.78 is 7.36. The first-order valence-electron chi connectivity index (χ1n) is 9.80. The molecule has 9 heteroatoms. The minimum absolute atomic E-state index is 0.0705. The summed E-state index contributed by atoms with van der Waals surface area (Å²) in [6.07, 6.45) is 2.52. The maximum atomic E-state index is 10.8. The fourth-order valence-electron chi connectivity index (χ4n) is 2.99. The molecule has 0 radical (unpaired) electrons. The van der Waals surface area contributed by atoms with Gasteiger partial charge in [-0.15, -0.1) is 0 Å². The predicted molar refractivity (Wildman–Crippen MR) is 114 cm³/mol. The van der Waals surface area contributed by atoms with Crippen molar-refractivity contribution in [1.29, 1.82) is 0 Å². The molecule has 3 rings (SSSR count). The zero-order chi connectivity index (χ0) is 21.3. The second kappa shape index (κ2) is 10.2. The van der Waals surface area contributed by atoms with E-state index in [0.29, 0.717) is 19.0 Å². The van der Waals surface area contributed by atoms with Crippen molar-refractivity contribution in [3.8, 4) is 0 Å². The minimum Gasteiger partial charge on any atom is -0.467 e. The van der Waals surface area contributed by atoms with Crippen molar-refractivity contribution in [2.45, 2.75) is 39.9 Å². The van der Waals surface area contributed by atoms with E-state index in [1.165, 1.54) is 12.1 Å². The lowest BCUT2D eigenvalue weighted by Crippen LogP contribution is -2.37. The maximum absolute atomic E-state index is 10.8. The van der Waals surface area contributed by atoms with Crippen LogP contribution < -0.4 is 10.6 Å². The Labute approximate surface area is 175 Å². The summed E-state index contributed by atoms with van der Waals surface area (Å²) in [6.45, 7) is 6.50. The first-order valence-corrected chi connectivity index (χ1v) is 9.80. The van der Waals surface area contributed by atoms with E-state index >= 15 is 0 Å². The molecule has 3 aromatic rings. The number of nitro groups is 1. The van der Waals surface area contributed by atoms with Crippen molar-refractivity contribution in [3.63, 3.8) is 0 Å². The number of aliphatic imine (C=N–C) groups is 1. The number of aryl methyl sites for hydroxylation is 3. The van der Waals surface area contributed by atoms with Gasteiger partial charge in [-0.1, -0.05) is 12.1 Å². The number of non-ortho nitro benzene ring substituents is 1. The average Bonchev–Trinajstić information content (AvgIpc) is 3.36. The summed E-state index contributed by atoms with van der Waals surface area (Å²) in [4.78, 5) is 15.0. The smallest absolute Gasteiger partial charge is 0.269 e. The van der Waals surface area contributed by atoms with Gasteiger partial charge in [0.1, 0.15) is 5.76 Å². The first kappa shape index (κ1) is 21.1. The van der Waals surface area contributed by atoms with Crippen LogP contribution in [0.25, 0.3) is 0 Å². The molecule has 2 heterocycles. The zero-order valence-corrected chi connectivity index (χ0v) is 17.2. The van der Waals surface area contributed by atoms with Crippen LogP contribution in [-0.4, -0.2) is 27.2 Å². The van der Waals surface area contributed by atoms with E-state index in [1.54, 1.807) is 18.4 Å². The standard InChI is InChI=1S/C21H26N6O3/c1-16-13-17(2)26(25-16)11-4-10-22-21(24-15-20-5-3-12-30-20)23-14-18-6-8-19(9-7-18)27(28)29/h3,5-9,12-13H,4,10-11,14-15H2,1-2H3,(H2,22,23,24). The van der Waals surface area contributed by atoms with Gasteiger partial charge in [-0.2, -0.15) is 5.10 Å². The van der Waals surface area contributed by atoms with Crippen LogP contribution in [0, 0.1) is 24.0 Å². The van der Waals surface area contributed by atoms with E-state index in [2.05, 4.69) is 33.7 Å². The SMILES string of the molecule is Cc1cc(C)n(CCCNC(=NCc2ccc([N+](=O)[O-])cc2)NCc2ccco2)n1. The van der Waals surface area contributed by atoms with E-state index in [9.17, 15) is 10.1 Å². The van der Waals surface area contributed by atoms with Gasteiger partial charge in [-0.3, -0.25) is 14.8 Å². The second-order valence-electron chi connectivity index (χ2n) is 6.95. The number of nitrogens with zero attached hydrogens (tertiary/aromatic N) is 4. The molecule has 158 valence electrons. The molecular weight excluding hydrogens is 384 g/mol. The highest BCUT2D eigenvalue weighted by atomic mass is 16.6. The third-order valence-electron chi connectivity index (χ3n) is 4.52. The van der Waals surface area contributed by atoms with Gasteiger partial charge in [0.15, 0.2) is 5.96 Å². The van der Waals surface area contributed by atoms with Gasteiger partial charge < -0.3 is 15.1 Å². The minimum atomic E-state index is -0.409. The lowest BCUT2D eigenvalue weighted by Gasteiger charge is -2.12. The summed E-state index contributed by atoms with van der Waals surface area (Å²) in [5.74, 6) is 1.46.